The molecule has 0 unspecified atom stereocenters. The highest BCUT2D eigenvalue weighted by molar-refractivity contribution is 6.30. The van der Waals surface area contributed by atoms with Crippen LogP contribution in [0.15, 0.2) is 42.5 Å². The summed E-state index contributed by atoms with van der Waals surface area (Å²) in [6, 6.07) is 13.2. The molecular weight excluding hydrogens is 287 g/mol. The lowest BCUT2D eigenvalue weighted by molar-refractivity contribution is 0.201. The monoisotopic (exact) mass is 306 g/mol. The number of hydrogen-bond acceptors (Lipinski definition) is 2. The van der Waals surface area contributed by atoms with E-state index in [-0.39, 0.29) is 10.8 Å². The molecule has 2 N–H and O–H groups in total. The van der Waals surface area contributed by atoms with Crippen LogP contribution >= 0.6 is 11.6 Å². The number of halogens is 2. The number of hydrogen-bond donors (Lipinski definition) is 1. The highest BCUT2D eigenvalue weighted by Gasteiger charge is 2.14. The average molecular weight is 307 g/mol. The van der Waals surface area contributed by atoms with Crippen molar-refractivity contribution >= 4 is 17.3 Å². The molecule has 2 rings (SSSR count). The summed E-state index contributed by atoms with van der Waals surface area (Å²) >= 11 is 5.85. The number of nitrogens with two attached hydrogens (primary N) is 1. The third kappa shape index (κ3) is 4.19. The van der Waals surface area contributed by atoms with Crippen molar-refractivity contribution in [2.75, 3.05) is 5.73 Å². The molecule has 0 fully saturated rings. The standard InChI is InChI=1S/C17H20ClFN2/c1-12(2)21(10-13-6-8-15(20)9-7-13)11-14-4-3-5-16(18)17(14)19/h3-9,12H,10-11,20H2,1-2H3. The largest absolute Gasteiger partial charge is 0.399 e. The van der Waals surface area contributed by atoms with E-state index in [4.69, 9.17) is 17.3 Å². The molecule has 112 valence electrons. The topological polar surface area (TPSA) is 29.3 Å². The molecule has 0 aliphatic heterocycles. The van der Waals surface area contributed by atoms with Crippen LogP contribution in [0.3, 0.4) is 0 Å². The second-order valence-electron chi connectivity index (χ2n) is 5.45. The van der Waals surface area contributed by atoms with Gasteiger partial charge in [0.2, 0.25) is 0 Å². The van der Waals surface area contributed by atoms with Gasteiger partial charge >= 0.3 is 0 Å². The van der Waals surface area contributed by atoms with Crippen LogP contribution in [0.5, 0.6) is 0 Å². The Labute approximate surface area is 130 Å². The second kappa shape index (κ2) is 6.92. The molecule has 2 aromatic carbocycles. The molecule has 0 amide bonds. The Bertz CT molecular complexity index is 596. The fourth-order valence-corrected chi connectivity index (χ4v) is 2.36. The average Bonchev–Trinajstić information content (AvgIpc) is 2.45. The first-order valence-electron chi connectivity index (χ1n) is 6.98. The Morgan fingerprint density at radius 1 is 1.10 bits per heavy atom. The van der Waals surface area contributed by atoms with Crippen molar-refractivity contribution in [1.29, 1.82) is 0 Å². The van der Waals surface area contributed by atoms with Crippen molar-refractivity contribution in [2.24, 2.45) is 0 Å². The third-order valence-electron chi connectivity index (χ3n) is 3.50. The number of anilines is 1. The van der Waals surface area contributed by atoms with Gasteiger partial charge < -0.3 is 5.73 Å². The summed E-state index contributed by atoms with van der Waals surface area (Å²) in [4.78, 5) is 2.19. The van der Waals surface area contributed by atoms with Crippen molar-refractivity contribution < 1.29 is 4.39 Å². The number of nitrogen functional groups attached to an aromatic ring is 1. The van der Waals surface area contributed by atoms with Gasteiger partial charge in [-0.2, -0.15) is 0 Å². The van der Waals surface area contributed by atoms with Gasteiger partial charge in [0.25, 0.3) is 0 Å². The molecule has 21 heavy (non-hydrogen) atoms. The molecule has 0 saturated carbocycles. The number of nitrogens with zero attached hydrogens (tertiary/aromatic N) is 1. The molecule has 0 aliphatic carbocycles. The van der Waals surface area contributed by atoms with Crippen molar-refractivity contribution in [3.05, 3.63) is 64.4 Å². The summed E-state index contributed by atoms with van der Waals surface area (Å²) in [5.41, 5.74) is 8.22. The fraction of sp³-hybridized carbons (Fsp3) is 0.294. The second-order valence-corrected chi connectivity index (χ2v) is 5.86. The lowest BCUT2D eigenvalue weighted by Gasteiger charge is -2.27. The number of rotatable bonds is 5. The lowest BCUT2D eigenvalue weighted by atomic mass is 10.1. The smallest absolute Gasteiger partial charge is 0.146 e. The Morgan fingerprint density at radius 2 is 1.76 bits per heavy atom. The van der Waals surface area contributed by atoms with E-state index in [0.29, 0.717) is 18.2 Å². The molecule has 0 bridgehead atoms. The minimum atomic E-state index is -0.331. The van der Waals surface area contributed by atoms with Crippen molar-refractivity contribution in [1.82, 2.24) is 4.90 Å². The third-order valence-corrected chi connectivity index (χ3v) is 3.79. The molecular formula is C17H20ClFN2. The molecule has 4 heteroatoms. The summed E-state index contributed by atoms with van der Waals surface area (Å²) in [5, 5.41) is 0.170. The lowest BCUT2D eigenvalue weighted by Crippen LogP contribution is -2.30. The van der Waals surface area contributed by atoms with Crippen LogP contribution in [0.1, 0.15) is 25.0 Å². The zero-order valence-electron chi connectivity index (χ0n) is 12.3. The van der Waals surface area contributed by atoms with E-state index >= 15 is 0 Å². The molecule has 0 atom stereocenters. The number of benzene rings is 2. The van der Waals surface area contributed by atoms with Crippen molar-refractivity contribution in [3.63, 3.8) is 0 Å². The molecule has 0 aromatic heterocycles. The minimum Gasteiger partial charge on any atom is -0.399 e. The summed E-state index contributed by atoms with van der Waals surface area (Å²) in [6.45, 7) is 5.46. The molecule has 0 aliphatic rings. The van der Waals surface area contributed by atoms with Crippen LogP contribution in [0.4, 0.5) is 10.1 Å². The Hall–Kier alpha value is -1.58. The fourth-order valence-electron chi connectivity index (χ4n) is 2.17. The minimum absolute atomic E-state index is 0.170. The van der Waals surface area contributed by atoms with Crippen LogP contribution in [0.2, 0.25) is 5.02 Å². The highest BCUT2D eigenvalue weighted by atomic mass is 35.5. The summed E-state index contributed by atoms with van der Waals surface area (Å²) in [6.07, 6.45) is 0. The maximum atomic E-state index is 14.0. The van der Waals surface area contributed by atoms with Crippen LogP contribution in [-0.2, 0) is 13.1 Å². The molecule has 0 heterocycles. The molecule has 2 nitrogen and oxygen atoms in total. The Balaban J connectivity index is 2.16. The van der Waals surface area contributed by atoms with Gasteiger partial charge in [0.1, 0.15) is 5.82 Å². The van der Waals surface area contributed by atoms with Gasteiger partial charge in [-0.25, -0.2) is 4.39 Å². The van der Waals surface area contributed by atoms with Gasteiger partial charge in [0, 0.05) is 30.4 Å². The van der Waals surface area contributed by atoms with E-state index in [2.05, 4.69) is 18.7 Å². The van der Waals surface area contributed by atoms with Crippen LogP contribution in [0.25, 0.3) is 0 Å². The van der Waals surface area contributed by atoms with Gasteiger partial charge in [-0.3, -0.25) is 4.90 Å². The highest BCUT2D eigenvalue weighted by Crippen LogP contribution is 2.21. The predicted octanol–water partition coefficient (Wildman–Crippen LogP) is 4.47. The molecule has 0 radical (unpaired) electrons. The first-order chi connectivity index (χ1) is 9.97. The van der Waals surface area contributed by atoms with E-state index in [9.17, 15) is 4.39 Å². The predicted molar refractivity (Wildman–Crippen MR) is 86.6 cm³/mol. The molecule has 2 aromatic rings. The van der Waals surface area contributed by atoms with E-state index in [0.717, 1.165) is 17.8 Å². The summed E-state index contributed by atoms with van der Waals surface area (Å²) in [7, 11) is 0. The normalized spacial score (nSPS) is 11.3. The maximum absolute atomic E-state index is 14.0. The van der Waals surface area contributed by atoms with E-state index < -0.39 is 0 Å². The summed E-state index contributed by atoms with van der Waals surface area (Å²) < 4.78 is 14.0. The first kappa shape index (κ1) is 15.8. The van der Waals surface area contributed by atoms with Crippen LogP contribution < -0.4 is 5.73 Å². The van der Waals surface area contributed by atoms with E-state index in [1.165, 1.54) is 0 Å². The van der Waals surface area contributed by atoms with Crippen LogP contribution in [0, 0.1) is 5.82 Å². The summed E-state index contributed by atoms with van der Waals surface area (Å²) in [5.74, 6) is -0.331. The van der Waals surface area contributed by atoms with Gasteiger partial charge in [-0.1, -0.05) is 35.9 Å². The first-order valence-corrected chi connectivity index (χ1v) is 7.36. The Kier molecular flexibility index (Phi) is 5.21. The van der Waals surface area contributed by atoms with E-state index in [1.54, 1.807) is 18.2 Å². The zero-order chi connectivity index (χ0) is 15.4. The molecule has 0 saturated heterocycles. The van der Waals surface area contributed by atoms with Crippen molar-refractivity contribution in [3.8, 4) is 0 Å². The molecule has 0 spiro atoms. The van der Waals surface area contributed by atoms with E-state index in [1.807, 2.05) is 24.3 Å². The van der Waals surface area contributed by atoms with Gasteiger partial charge in [-0.15, -0.1) is 0 Å². The van der Waals surface area contributed by atoms with Gasteiger partial charge in [0.05, 0.1) is 5.02 Å². The SMILES string of the molecule is CC(C)N(Cc1ccc(N)cc1)Cc1cccc(Cl)c1F. The quantitative estimate of drug-likeness (QED) is 0.826. The van der Waals surface area contributed by atoms with Crippen LogP contribution in [-0.4, -0.2) is 10.9 Å². The van der Waals surface area contributed by atoms with Crippen molar-refractivity contribution in [2.45, 2.75) is 33.0 Å². The van der Waals surface area contributed by atoms with Gasteiger partial charge in [-0.05, 0) is 37.6 Å². The van der Waals surface area contributed by atoms with Gasteiger partial charge in [0.15, 0.2) is 0 Å². The zero-order valence-corrected chi connectivity index (χ0v) is 13.1. The maximum Gasteiger partial charge on any atom is 0.146 e. The Morgan fingerprint density at radius 3 is 2.38 bits per heavy atom.